The standard InChI is InChI=1S/C29H39N5O3S2/c1-20-18-34-19-22-12-7-6-11-21(22)17-24(34)27(36)32-23(26(35)33-29(2,3)28(37)31-20)13-5-4-10-16-38-39-25-14-8-9-15-30-25/h6-9,11-12,14-15,20,23-24H,4-5,10,13,16-19H2,1-3H3,(H,31,37)(H,32,36)(H,33,35)/t20-,23-,24+/m0/s1. The van der Waals surface area contributed by atoms with Gasteiger partial charge in [0, 0.05) is 31.1 Å². The van der Waals surface area contributed by atoms with E-state index < -0.39 is 17.6 Å². The molecule has 210 valence electrons. The predicted molar refractivity (Wildman–Crippen MR) is 157 cm³/mol. The quantitative estimate of drug-likeness (QED) is 0.329. The zero-order valence-corrected chi connectivity index (χ0v) is 24.6. The summed E-state index contributed by atoms with van der Waals surface area (Å²) in [5.41, 5.74) is 1.25. The van der Waals surface area contributed by atoms with E-state index in [1.165, 1.54) is 5.56 Å². The summed E-state index contributed by atoms with van der Waals surface area (Å²) in [6, 6.07) is 12.8. The number of hydrogen-bond acceptors (Lipinski definition) is 7. The lowest BCUT2D eigenvalue weighted by molar-refractivity contribution is -0.137. The number of pyridine rings is 1. The first-order valence-corrected chi connectivity index (χ1v) is 16.0. The number of fused-ring (bicyclic) bond motifs is 2. The van der Waals surface area contributed by atoms with E-state index >= 15 is 0 Å². The predicted octanol–water partition coefficient (Wildman–Crippen LogP) is 3.71. The molecule has 0 spiro atoms. The van der Waals surface area contributed by atoms with Crippen LogP contribution >= 0.6 is 21.6 Å². The maximum absolute atomic E-state index is 13.6. The van der Waals surface area contributed by atoms with Crippen LogP contribution in [0.25, 0.3) is 0 Å². The first-order chi connectivity index (χ1) is 18.7. The summed E-state index contributed by atoms with van der Waals surface area (Å²) in [5.74, 6) is 0.292. The minimum atomic E-state index is -1.10. The van der Waals surface area contributed by atoms with Crippen molar-refractivity contribution in [2.75, 3.05) is 12.3 Å². The lowest BCUT2D eigenvalue weighted by Crippen LogP contribution is -2.64. The van der Waals surface area contributed by atoms with Crippen molar-refractivity contribution < 1.29 is 14.4 Å². The molecule has 0 unspecified atom stereocenters. The van der Waals surface area contributed by atoms with E-state index in [4.69, 9.17) is 0 Å². The van der Waals surface area contributed by atoms with Crippen molar-refractivity contribution in [1.29, 1.82) is 0 Å². The van der Waals surface area contributed by atoms with Crippen LogP contribution in [0, 0.1) is 0 Å². The Hall–Kier alpha value is -2.56. The van der Waals surface area contributed by atoms with Crippen LogP contribution in [-0.2, 0) is 27.3 Å². The molecular weight excluding hydrogens is 530 g/mol. The van der Waals surface area contributed by atoms with Gasteiger partial charge in [-0.2, -0.15) is 0 Å². The van der Waals surface area contributed by atoms with Crippen LogP contribution < -0.4 is 16.0 Å². The highest BCUT2D eigenvalue weighted by atomic mass is 33.1. The van der Waals surface area contributed by atoms with Crippen molar-refractivity contribution >= 4 is 39.3 Å². The Morgan fingerprint density at radius 2 is 1.74 bits per heavy atom. The molecule has 3 atom stereocenters. The topological polar surface area (TPSA) is 103 Å². The number of benzene rings is 1. The molecule has 2 aliphatic rings. The summed E-state index contributed by atoms with van der Waals surface area (Å²) >= 11 is 0. The van der Waals surface area contributed by atoms with Gasteiger partial charge in [-0.1, -0.05) is 54.0 Å². The number of nitrogens with one attached hydrogen (secondary N) is 3. The van der Waals surface area contributed by atoms with E-state index in [0.717, 1.165) is 35.6 Å². The third-order valence-electron chi connectivity index (χ3n) is 7.17. The summed E-state index contributed by atoms with van der Waals surface area (Å²) in [6.45, 7) is 6.51. The zero-order chi connectivity index (χ0) is 27.8. The number of hydrogen-bond donors (Lipinski definition) is 3. The van der Waals surface area contributed by atoms with Crippen LogP contribution in [0.3, 0.4) is 0 Å². The molecule has 0 saturated carbocycles. The third kappa shape index (κ3) is 8.22. The maximum atomic E-state index is 13.6. The highest BCUT2D eigenvalue weighted by Crippen LogP contribution is 2.30. The Bertz CT molecular complexity index is 1150. The summed E-state index contributed by atoms with van der Waals surface area (Å²) < 4.78 is 0. The number of amides is 3. The number of carbonyl (C=O) groups is 3. The van der Waals surface area contributed by atoms with E-state index in [9.17, 15) is 14.4 Å². The van der Waals surface area contributed by atoms with Crippen molar-refractivity contribution in [3.8, 4) is 0 Å². The summed E-state index contributed by atoms with van der Waals surface area (Å²) in [7, 11) is 3.44. The number of rotatable bonds is 8. The molecule has 1 aromatic heterocycles. The second-order valence-corrected chi connectivity index (χ2v) is 13.3. The Kier molecular flexibility index (Phi) is 10.3. The second kappa shape index (κ2) is 13.7. The van der Waals surface area contributed by atoms with Gasteiger partial charge in [0.25, 0.3) is 0 Å². The lowest BCUT2D eigenvalue weighted by Gasteiger charge is -2.39. The van der Waals surface area contributed by atoms with E-state index in [1.54, 1.807) is 41.6 Å². The molecule has 2 aliphatic heterocycles. The summed E-state index contributed by atoms with van der Waals surface area (Å²) in [4.78, 5) is 46.5. The number of aromatic nitrogens is 1. The van der Waals surface area contributed by atoms with Gasteiger partial charge in [-0.05, 0) is 74.1 Å². The molecule has 0 bridgehead atoms. The van der Waals surface area contributed by atoms with Crippen molar-refractivity contribution in [3.63, 3.8) is 0 Å². The van der Waals surface area contributed by atoms with Gasteiger partial charge in [0.1, 0.15) is 16.6 Å². The molecule has 4 rings (SSSR count). The first-order valence-electron chi connectivity index (χ1n) is 13.7. The average molecular weight is 570 g/mol. The highest BCUT2D eigenvalue weighted by molar-refractivity contribution is 8.76. The smallest absolute Gasteiger partial charge is 0.245 e. The van der Waals surface area contributed by atoms with Crippen LogP contribution in [0.5, 0.6) is 0 Å². The number of nitrogens with zero attached hydrogens (tertiary/aromatic N) is 2. The Morgan fingerprint density at radius 1 is 0.974 bits per heavy atom. The molecule has 8 nitrogen and oxygen atoms in total. The van der Waals surface area contributed by atoms with E-state index in [-0.39, 0.29) is 23.8 Å². The Labute approximate surface area is 239 Å². The normalized spacial score (nSPS) is 23.8. The Morgan fingerprint density at radius 3 is 2.51 bits per heavy atom. The molecule has 1 fully saturated rings. The molecule has 3 amide bonds. The van der Waals surface area contributed by atoms with Gasteiger partial charge in [-0.25, -0.2) is 4.98 Å². The second-order valence-electron chi connectivity index (χ2n) is 10.9. The average Bonchev–Trinajstić information content (AvgIpc) is 2.91. The molecule has 3 heterocycles. The monoisotopic (exact) mass is 569 g/mol. The van der Waals surface area contributed by atoms with Crippen molar-refractivity contribution in [1.82, 2.24) is 25.8 Å². The van der Waals surface area contributed by atoms with Gasteiger partial charge in [0.05, 0.1) is 6.04 Å². The molecule has 1 saturated heterocycles. The molecule has 39 heavy (non-hydrogen) atoms. The van der Waals surface area contributed by atoms with Crippen molar-refractivity contribution in [2.45, 2.75) is 88.1 Å². The molecule has 1 aromatic carbocycles. The number of unbranched alkanes of at least 4 members (excludes halogenated alkanes) is 2. The summed E-state index contributed by atoms with van der Waals surface area (Å²) in [6.07, 6.45) is 5.64. The van der Waals surface area contributed by atoms with E-state index in [2.05, 4.69) is 38.0 Å². The fourth-order valence-electron chi connectivity index (χ4n) is 5.00. The lowest BCUT2D eigenvalue weighted by atomic mass is 9.92. The fourth-order valence-corrected chi connectivity index (χ4v) is 7.03. The molecule has 0 radical (unpaired) electrons. The zero-order valence-electron chi connectivity index (χ0n) is 22.9. The first kappa shape index (κ1) is 29.4. The van der Waals surface area contributed by atoms with Crippen LogP contribution in [0.4, 0.5) is 0 Å². The molecule has 10 heteroatoms. The summed E-state index contributed by atoms with van der Waals surface area (Å²) in [5, 5.41) is 9.99. The van der Waals surface area contributed by atoms with Gasteiger partial charge in [0.2, 0.25) is 17.7 Å². The molecular formula is C29H39N5O3S2. The minimum absolute atomic E-state index is 0.135. The van der Waals surface area contributed by atoms with Gasteiger partial charge in [0.15, 0.2) is 0 Å². The fraction of sp³-hybridized carbons (Fsp3) is 0.517. The van der Waals surface area contributed by atoms with Crippen LogP contribution in [0.2, 0.25) is 0 Å². The van der Waals surface area contributed by atoms with E-state index in [0.29, 0.717) is 25.9 Å². The SMILES string of the molecule is C[C@H]1CN2Cc3ccccc3C[C@@H]2C(=O)N[C@@H](CCCCCSSc2ccccn2)C(=O)NC(C)(C)C(=O)N1. The van der Waals surface area contributed by atoms with Crippen molar-refractivity contribution in [3.05, 3.63) is 59.8 Å². The van der Waals surface area contributed by atoms with Crippen LogP contribution in [-0.4, -0.2) is 63.6 Å². The minimum Gasteiger partial charge on any atom is -0.350 e. The van der Waals surface area contributed by atoms with Gasteiger partial charge < -0.3 is 16.0 Å². The molecule has 0 aliphatic carbocycles. The number of carbonyl (C=O) groups excluding carboxylic acids is 3. The van der Waals surface area contributed by atoms with Crippen LogP contribution in [0.15, 0.2) is 53.7 Å². The van der Waals surface area contributed by atoms with Crippen LogP contribution in [0.1, 0.15) is 57.6 Å². The van der Waals surface area contributed by atoms with E-state index in [1.807, 2.05) is 37.3 Å². The highest BCUT2D eigenvalue weighted by Gasteiger charge is 2.38. The third-order valence-corrected chi connectivity index (χ3v) is 9.52. The van der Waals surface area contributed by atoms with Crippen molar-refractivity contribution in [2.24, 2.45) is 0 Å². The van der Waals surface area contributed by atoms with Gasteiger partial charge in [-0.15, -0.1) is 0 Å². The molecule has 2 aromatic rings. The van der Waals surface area contributed by atoms with Gasteiger partial charge in [-0.3, -0.25) is 19.3 Å². The molecule has 3 N–H and O–H groups in total. The Balaban J connectivity index is 1.40. The largest absolute Gasteiger partial charge is 0.350 e. The maximum Gasteiger partial charge on any atom is 0.245 e. The van der Waals surface area contributed by atoms with Gasteiger partial charge >= 0.3 is 0 Å².